The predicted octanol–water partition coefficient (Wildman–Crippen LogP) is 3.33. The quantitative estimate of drug-likeness (QED) is 0.476. The number of aliphatic imine (C=N–C) groups is 1. The number of aliphatic hydroxyl groups is 1. The van der Waals surface area contributed by atoms with E-state index in [2.05, 4.69) is 42.5 Å². The number of guanidine groups is 1. The van der Waals surface area contributed by atoms with Gasteiger partial charge in [-0.1, -0.05) is 32.0 Å². The molecule has 0 radical (unpaired) electrons. The van der Waals surface area contributed by atoms with Gasteiger partial charge in [-0.25, -0.2) is 4.99 Å². The van der Waals surface area contributed by atoms with Gasteiger partial charge < -0.3 is 15.7 Å². The minimum atomic E-state index is 0.232. The third-order valence-electron chi connectivity index (χ3n) is 4.39. The Bertz CT molecular complexity index is 694. The van der Waals surface area contributed by atoms with Crippen LogP contribution in [0.1, 0.15) is 39.2 Å². The molecule has 0 aliphatic carbocycles. The minimum Gasteiger partial charge on any atom is -0.396 e. The van der Waals surface area contributed by atoms with E-state index in [1.54, 1.807) is 0 Å². The highest BCUT2D eigenvalue weighted by Gasteiger charge is 2.11. The molecule has 1 aromatic carbocycles. The zero-order valence-electron chi connectivity index (χ0n) is 16.2. The molecule has 1 atom stereocenters. The van der Waals surface area contributed by atoms with Crippen molar-refractivity contribution >= 4 is 16.9 Å². The van der Waals surface area contributed by atoms with Gasteiger partial charge in [-0.2, -0.15) is 0 Å². The molecule has 0 saturated heterocycles. The summed E-state index contributed by atoms with van der Waals surface area (Å²) in [7, 11) is 0. The first-order valence-corrected chi connectivity index (χ1v) is 9.59. The van der Waals surface area contributed by atoms with Crippen molar-refractivity contribution in [2.45, 2.75) is 40.2 Å². The van der Waals surface area contributed by atoms with Gasteiger partial charge in [-0.05, 0) is 49.3 Å². The fourth-order valence-corrected chi connectivity index (χ4v) is 3.19. The molecular weight excluding hydrogens is 324 g/mol. The average molecular weight is 357 g/mol. The first-order chi connectivity index (χ1) is 12.6. The number of aromatic nitrogens is 1. The molecule has 0 aliphatic rings. The van der Waals surface area contributed by atoms with Crippen LogP contribution in [-0.4, -0.2) is 35.7 Å². The number of nitrogens with zero attached hydrogens (tertiary/aromatic N) is 2. The normalized spacial score (nSPS) is 13.2. The SMILES string of the molecule is CCNC(=NCc1ccnc2ccccc12)NCC(CCO)CC(C)C. The second-order valence-corrected chi connectivity index (χ2v) is 7.07. The summed E-state index contributed by atoms with van der Waals surface area (Å²) in [4.78, 5) is 9.16. The number of fused-ring (bicyclic) bond motifs is 1. The van der Waals surface area contributed by atoms with Gasteiger partial charge in [0.1, 0.15) is 0 Å². The van der Waals surface area contributed by atoms with Crippen LogP contribution in [0, 0.1) is 11.8 Å². The molecule has 3 N–H and O–H groups in total. The Balaban J connectivity index is 2.05. The third-order valence-corrected chi connectivity index (χ3v) is 4.39. The molecule has 0 spiro atoms. The number of rotatable bonds is 9. The van der Waals surface area contributed by atoms with Crippen molar-refractivity contribution in [3.63, 3.8) is 0 Å². The zero-order valence-corrected chi connectivity index (χ0v) is 16.2. The Morgan fingerprint density at radius 1 is 1.19 bits per heavy atom. The standard InChI is InChI=1S/C21H32N4O/c1-4-22-21(24-14-17(10-12-26)13-16(2)3)25-15-18-9-11-23-20-8-6-5-7-19(18)20/h5-9,11,16-17,26H,4,10,12-15H2,1-3H3,(H2,22,24,25). The molecule has 0 fully saturated rings. The molecule has 0 bridgehead atoms. The summed E-state index contributed by atoms with van der Waals surface area (Å²) in [6.45, 7) is 8.98. The number of hydrogen-bond donors (Lipinski definition) is 3. The van der Waals surface area contributed by atoms with Crippen LogP contribution in [0.3, 0.4) is 0 Å². The molecule has 2 aromatic rings. The lowest BCUT2D eigenvalue weighted by Crippen LogP contribution is -2.40. The fourth-order valence-electron chi connectivity index (χ4n) is 3.19. The van der Waals surface area contributed by atoms with E-state index in [-0.39, 0.29) is 6.61 Å². The molecule has 1 unspecified atom stereocenters. The lowest BCUT2D eigenvalue weighted by molar-refractivity contribution is 0.243. The van der Waals surface area contributed by atoms with Gasteiger partial charge >= 0.3 is 0 Å². The van der Waals surface area contributed by atoms with Crippen LogP contribution in [0.5, 0.6) is 0 Å². The molecule has 0 amide bonds. The number of para-hydroxylation sites is 1. The lowest BCUT2D eigenvalue weighted by atomic mass is 9.94. The summed E-state index contributed by atoms with van der Waals surface area (Å²) in [6.07, 6.45) is 3.76. The minimum absolute atomic E-state index is 0.232. The second-order valence-electron chi connectivity index (χ2n) is 7.07. The summed E-state index contributed by atoms with van der Waals surface area (Å²) in [5, 5.41) is 17.2. The highest BCUT2D eigenvalue weighted by atomic mass is 16.3. The van der Waals surface area contributed by atoms with Crippen molar-refractivity contribution in [3.05, 3.63) is 42.1 Å². The van der Waals surface area contributed by atoms with Crippen molar-refractivity contribution in [3.8, 4) is 0 Å². The molecule has 142 valence electrons. The Morgan fingerprint density at radius 2 is 2.00 bits per heavy atom. The van der Waals surface area contributed by atoms with Crippen molar-refractivity contribution in [2.75, 3.05) is 19.7 Å². The molecule has 1 aromatic heterocycles. The fraction of sp³-hybridized carbons (Fsp3) is 0.524. The summed E-state index contributed by atoms with van der Waals surface area (Å²) in [6, 6.07) is 10.2. The summed E-state index contributed by atoms with van der Waals surface area (Å²) < 4.78 is 0. The van der Waals surface area contributed by atoms with Crippen LogP contribution < -0.4 is 10.6 Å². The van der Waals surface area contributed by atoms with Crippen LogP contribution in [0.2, 0.25) is 0 Å². The summed E-state index contributed by atoms with van der Waals surface area (Å²) >= 11 is 0. The van der Waals surface area contributed by atoms with E-state index in [1.807, 2.05) is 30.5 Å². The van der Waals surface area contributed by atoms with Gasteiger partial charge in [0.25, 0.3) is 0 Å². The maximum atomic E-state index is 9.29. The highest BCUT2D eigenvalue weighted by molar-refractivity contribution is 5.83. The monoisotopic (exact) mass is 356 g/mol. The first kappa shape index (κ1) is 20.2. The molecule has 2 rings (SSSR count). The summed E-state index contributed by atoms with van der Waals surface area (Å²) in [5.74, 6) is 1.89. The highest BCUT2D eigenvalue weighted by Crippen LogP contribution is 2.17. The number of pyridine rings is 1. The molecule has 1 heterocycles. The van der Waals surface area contributed by atoms with Gasteiger partial charge in [0.05, 0.1) is 12.1 Å². The van der Waals surface area contributed by atoms with Gasteiger partial charge in [-0.15, -0.1) is 0 Å². The Labute approximate surface area is 157 Å². The van der Waals surface area contributed by atoms with Gasteiger partial charge in [0.2, 0.25) is 0 Å². The van der Waals surface area contributed by atoms with E-state index in [0.29, 0.717) is 18.4 Å². The summed E-state index contributed by atoms with van der Waals surface area (Å²) in [5.41, 5.74) is 2.17. The predicted molar refractivity (Wildman–Crippen MR) is 109 cm³/mol. The number of hydrogen-bond acceptors (Lipinski definition) is 3. The Morgan fingerprint density at radius 3 is 2.73 bits per heavy atom. The van der Waals surface area contributed by atoms with Crippen molar-refractivity contribution < 1.29 is 5.11 Å². The maximum absolute atomic E-state index is 9.29. The topological polar surface area (TPSA) is 69.5 Å². The molecule has 0 aliphatic heterocycles. The lowest BCUT2D eigenvalue weighted by Gasteiger charge is -2.20. The van der Waals surface area contributed by atoms with E-state index in [0.717, 1.165) is 42.8 Å². The third kappa shape index (κ3) is 6.30. The van der Waals surface area contributed by atoms with E-state index in [1.165, 1.54) is 5.56 Å². The van der Waals surface area contributed by atoms with Crippen LogP contribution in [0.25, 0.3) is 10.9 Å². The maximum Gasteiger partial charge on any atom is 0.191 e. The average Bonchev–Trinajstić information content (AvgIpc) is 2.63. The van der Waals surface area contributed by atoms with E-state index >= 15 is 0 Å². The van der Waals surface area contributed by atoms with Crippen molar-refractivity contribution in [1.82, 2.24) is 15.6 Å². The van der Waals surface area contributed by atoms with Crippen LogP contribution in [-0.2, 0) is 6.54 Å². The van der Waals surface area contributed by atoms with E-state index < -0.39 is 0 Å². The van der Waals surface area contributed by atoms with Crippen molar-refractivity contribution in [2.24, 2.45) is 16.8 Å². The Hall–Kier alpha value is -2.14. The van der Waals surface area contributed by atoms with E-state index in [9.17, 15) is 5.11 Å². The number of benzene rings is 1. The zero-order chi connectivity index (χ0) is 18.8. The van der Waals surface area contributed by atoms with Crippen LogP contribution in [0.15, 0.2) is 41.5 Å². The smallest absolute Gasteiger partial charge is 0.191 e. The molecule has 0 saturated carbocycles. The van der Waals surface area contributed by atoms with Gasteiger partial charge in [-0.3, -0.25) is 4.98 Å². The van der Waals surface area contributed by atoms with Crippen LogP contribution >= 0.6 is 0 Å². The first-order valence-electron chi connectivity index (χ1n) is 9.59. The largest absolute Gasteiger partial charge is 0.396 e. The number of aliphatic hydroxyl groups excluding tert-OH is 1. The van der Waals surface area contributed by atoms with Crippen LogP contribution in [0.4, 0.5) is 0 Å². The van der Waals surface area contributed by atoms with Gasteiger partial charge in [0, 0.05) is 31.3 Å². The van der Waals surface area contributed by atoms with Crippen molar-refractivity contribution in [1.29, 1.82) is 0 Å². The Kier molecular flexibility index (Phi) is 8.35. The molecular formula is C21H32N4O. The number of nitrogens with one attached hydrogen (secondary N) is 2. The molecule has 26 heavy (non-hydrogen) atoms. The molecule has 5 nitrogen and oxygen atoms in total. The second kappa shape index (κ2) is 10.8. The van der Waals surface area contributed by atoms with E-state index in [4.69, 9.17) is 4.99 Å². The van der Waals surface area contributed by atoms with Gasteiger partial charge in [0.15, 0.2) is 5.96 Å². The molecule has 5 heteroatoms.